The largest absolute Gasteiger partial charge is 0.465 e. The van der Waals surface area contributed by atoms with Gasteiger partial charge in [-0.15, -0.1) is 0 Å². The third kappa shape index (κ3) is 1.29. The van der Waals surface area contributed by atoms with Crippen LogP contribution in [0.15, 0.2) is 0 Å². The molecule has 2 rings (SSSR count). The Labute approximate surface area is 77.2 Å². The van der Waals surface area contributed by atoms with Gasteiger partial charge in [-0.2, -0.15) is 0 Å². The van der Waals surface area contributed by atoms with E-state index in [-0.39, 0.29) is 12.6 Å². The van der Waals surface area contributed by atoms with Crippen molar-refractivity contribution in [3.63, 3.8) is 0 Å². The van der Waals surface area contributed by atoms with Gasteiger partial charge in [0.2, 0.25) is 0 Å². The number of carbonyl (C=O) groups is 1. The highest BCUT2D eigenvalue weighted by Gasteiger charge is 2.45. The molecule has 1 aliphatic heterocycles. The molecule has 1 saturated heterocycles. The van der Waals surface area contributed by atoms with E-state index >= 15 is 0 Å². The molecule has 0 spiro atoms. The number of likely N-dealkylation sites (tertiary alicyclic amines) is 1. The monoisotopic (exact) mass is 185 g/mol. The minimum Gasteiger partial charge on any atom is -0.465 e. The van der Waals surface area contributed by atoms with Gasteiger partial charge in [0, 0.05) is 6.54 Å². The molecule has 2 aliphatic rings. The van der Waals surface area contributed by atoms with E-state index in [1.165, 1.54) is 11.3 Å². The van der Waals surface area contributed by atoms with Gasteiger partial charge in [-0.25, -0.2) is 4.79 Å². The summed E-state index contributed by atoms with van der Waals surface area (Å²) in [6, 6.07) is -0.134. The first-order valence-electron chi connectivity index (χ1n) is 4.84. The Kier molecular flexibility index (Phi) is 2.15. The van der Waals surface area contributed by atoms with E-state index in [2.05, 4.69) is 0 Å². The van der Waals surface area contributed by atoms with E-state index in [4.69, 9.17) is 10.2 Å². The van der Waals surface area contributed by atoms with Crippen molar-refractivity contribution in [2.45, 2.75) is 25.3 Å². The van der Waals surface area contributed by atoms with Crippen molar-refractivity contribution < 1.29 is 15.0 Å². The predicted molar refractivity (Wildman–Crippen MR) is 46.4 cm³/mol. The zero-order valence-electron chi connectivity index (χ0n) is 7.52. The van der Waals surface area contributed by atoms with Crippen LogP contribution in [0, 0.1) is 11.8 Å². The summed E-state index contributed by atoms with van der Waals surface area (Å²) in [4.78, 5) is 12.2. The Balaban J connectivity index is 2.12. The molecule has 1 aliphatic carbocycles. The van der Waals surface area contributed by atoms with E-state index in [1.807, 2.05) is 0 Å². The summed E-state index contributed by atoms with van der Waals surface area (Å²) in [6.07, 6.45) is 2.53. The molecule has 0 aromatic rings. The lowest BCUT2D eigenvalue weighted by atomic mass is 9.95. The molecule has 1 amide bonds. The highest BCUT2D eigenvalue weighted by atomic mass is 16.4. The molecule has 3 atom stereocenters. The fourth-order valence-corrected chi connectivity index (χ4v) is 2.87. The normalized spacial score (nSPS) is 37.9. The zero-order valence-corrected chi connectivity index (χ0v) is 7.52. The third-order valence-corrected chi connectivity index (χ3v) is 3.48. The molecule has 0 aromatic heterocycles. The highest BCUT2D eigenvalue weighted by Crippen LogP contribution is 2.41. The van der Waals surface area contributed by atoms with Gasteiger partial charge in [-0.1, -0.05) is 6.42 Å². The number of fused-ring (bicyclic) bond motifs is 1. The molecule has 13 heavy (non-hydrogen) atoms. The molecule has 0 aromatic carbocycles. The first-order chi connectivity index (χ1) is 6.24. The second-order valence-electron chi connectivity index (χ2n) is 4.04. The minimum atomic E-state index is -0.881. The summed E-state index contributed by atoms with van der Waals surface area (Å²) in [5.74, 6) is 0.925. The standard InChI is InChI=1S/C9H15NO3/c11-5-8-7-3-1-2-6(7)4-10(8)9(12)13/h6-8,11H,1-5H2,(H,12,13). The van der Waals surface area contributed by atoms with Crippen molar-refractivity contribution in [3.8, 4) is 0 Å². The maximum Gasteiger partial charge on any atom is 0.407 e. The fraction of sp³-hybridized carbons (Fsp3) is 0.889. The lowest BCUT2D eigenvalue weighted by Crippen LogP contribution is -2.39. The molecule has 3 unspecified atom stereocenters. The van der Waals surface area contributed by atoms with Gasteiger partial charge in [0.25, 0.3) is 0 Å². The second kappa shape index (κ2) is 3.18. The Hall–Kier alpha value is -0.770. The van der Waals surface area contributed by atoms with Crippen molar-refractivity contribution in [1.29, 1.82) is 0 Å². The number of hydrogen-bond acceptors (Lipinski definition) is 2. The molecule has 4 nitrogen and oxygen atoms in total. The molecular weight excluding hydrogens is 170 g/mol. The van der Waals surface area contributed by atoms with Gasteiger partial charge in [-0.3, -0.25) is 0 Å². The van der Waals surface area contributed by atoms with Crippen LogP contribution in [0.5, 0.6) is 0 Å². The lowest BCUT2D eigenvalue weighted by molar-refractivity contribution is 0.106. The SMILES string of the molecule is O=C(O)N1CC2CCCC2C1CO. The van der Waals surface area contributed by atoms with Crippen LogP contribution in [0.2, 0.25) is 0 Å². The minimum absolute atomic E-state index is 0.0204. The number of aliphatic hydroxyl groups excluding tert-OH is 1. The molecule has 0 radical (unpaired) electrons. The van der Waals surface area contributed by atoms with E-state index in [9.17, 15) is 4.79 Å². The van der Waals surface area contributed by atoms with Crippen molar-refractivity contribution in [1.82, 2.24) is 4.90 Å². The van der Waals surface area contributed by atoms with Gasteiger partial charge >= 0.3 is 6.09 Å². The molecule has 0 bridgehead atoms. The van der Waals surface area contributed by atoms with Crippen LogP contribution in [0.25, 0.3) is 0 Å². The Bertz CT molecular complexity index is 219. The molecule has 1 heterocycles. The number of amides is 1. The zero-order chi connectivity index (χ0) is 9.42. The smallest absolute Gasteiger partial charge is 0.407 e. The third-order valence-electron chi connectivity index (χ3n) is 3.48. The summed E-state index contributed by atoms with van der Waals surface area (Å²) in [7, 11) is 0. The Morgan fingerprint density at radius 2 is 2.23 bits per heavy atom. The number of hydrogen-bond donors (Lipinski definition) is 2. The summed E-state index contributed by atoms with van der Waals surface area (Å²) < 4.78 is 0. The molecule has 2 N–H and O–H groups in total. The molecule has 1 saturated carbocycles. The van der Waals surface area contributed by atoms with Gasteiger partial charge in [0.15, 0.2) is 0 Å². The molecule has 74 valence electrons. The van der Waals surface area contributed by atoms with Gasteiger partial charge in [-0.05, 0) is 24.7 Å². The lowest BCUT2D eigenvalue weighted by Gasteiger charge is -2.22. The first kappa shape index (κ1) is 8.81. The second-order valence-corrected chi connectivity index (χ2v) is 4.04. The average Bonchev–Trinajstić information content (AvgIpc) is 2.60. The van der Waals surface area contributed by atoms with Crippen LogP contribution in [-0.2, 0) is 0 Å². The van der Waals surface area contributed by atoms with Gasteiger partial charge in [0.1, 0.15) is 0 Å². The summed E-state index contributed by atoms with van der Waals surface area (Å²) in [6.45, 7) is 0.610. The molecule has 4 heteroatoms. The summed E-state index contributed by atoms with van der Waals surface area (Å²) >= 11 is 0. The number of carboxylic acid groups (broad SMARTS) is 1. The van der Waals surface area contributed by atoms with Crippen molar-refractivity contribution in [2.24, 2.45) is 11.8 Å². The molecule has 2 fully saturated rings. The Morgan fingerprint density at radius 3 is 2.85 bits per heavy atom. The number of rotatable bonds is 1. The van der Waals surface area contributed by atoms with E-state index in [0.29, 0.717) is 18.4 Å². The topological polar surface area (TPSA) is 60.8 Å². The fourth-order valence-electron chi connectivity index (χ4n) is 2.87. The summed E-state index contributed by atoms with van der Waals surface area (Å²) in [5, 5.41) is 18.0. The van der Waals surface area contributed by atoms with Crippen LogP contribution in [0.4, 0.5) is 4.79 Å². The first-order valence-corrected chi connectivity index (χ1v) is 4.84. The van der Waals surface area contributed by atoms with Gasteiger partial charge < -0.3 is 15.1 Å². The van der Waals surface area contributed by atoms with Crippen LogP contribution < -0.4 is 0 Å². The van der Waals surface area contributed by atoms with Crippen LogP contribution in [-0.4, -0.2) is 40.4 Å². The maximum atomic E-state index is 10.8. The van der Waals surface area contributed by atoms with Crippen LogP contribution in [0.1, 0.15) is 19.3 Å². The van der Waals surface area contributed by atoms with Gasteiger partial charge in [0.05, 0.1) is 12.6 Å². The van der Waals surface area contributed by atoms with E-state index < -0.39 is 6.09 Å². The number of aliphatic hydroxyl groups is 1. The van der Waals surface area contributed by atoms with Crippen molar-refractivity contribution in [3.05, 3.63) is 0 Å². The van der Waals surface area contributed by atoms with E-state index in [0.717, 1.165) is 12.8 Å². The molecular formula is C9H15NO3. The quantitative estimate of drug-likeness (QED) is 0.634. The Morgan fingerprint density at radius 1 is 1.46 bits per heavy atom. The van der Waals surface area contributed by atoms with Crippen molar-refractivity contribution >= 4 is 6.09 Å². The van der Waals surface area contributed by atoms with E-state index in [1.54, 1.807) is 0 Å². The highest BCUT2D eigenvalue weighted by molar-refractivity contribution is 5.66. The van der Waals surface area contributed by atoms with Crippen LogP contribution >= 0.6 is 0 Å². The number of nitrogens with zero attached hydrogens (tertiary/aromatic N) is 1. The van der Waals surface area contributed by atoms with Crippen LogP contribution in [0.3, 0.4) is 0 Å². The average molecular weight is 185 g/mol. The summed E-state index contributed by atoms with van der Waals surface area (Å²) in [5.41, 5.74) is 0. The van der Waals surface area contributed by atoms with Crippen molar-refractivity contribution in [2.75, 3.05) is 13.2 Å². The predicted octanol–water partition coefficient (Wildman–Crippen LogP) is 0.757. The maximum absolute atomic E-state index is 10.8.